The van der Waals surface area contributed by atoms with Gasteiger partial charge in [-0.15, -0.1) is 0 Å². The van der Waals surface area contributed by atoms with Gasteiger partial charge < -0.3 is 14.2 Å². The molecule has 0 N–H and O–H groups in total. The first-order valence-electron chi connectivity index (χ1n) is 14.3. The van der Waals surface area contributed by atoms with Crippen molar-refractivity contribution in [2.75, 3.05) is 19.6 Å². The standard InChI is InChI=1S/C32H42ClN3O2/c1-4-5-6-8-25-11-13-30(34-22-25)32(37)36(28-16-19-35(20-17-28)18-15-24(2)3)23-29-12-14-31(38-29)26-9-7-10-27(33)21-26/h7,9-14,21-22,24,28H,4-6,8,15-20,23H2,1-3H3. The number of nitrogens with zero attached hydrogens (tertiary/aromatic N) is 3. The van der Waals surface area contributed by atoms with Crippen LogP contribution in [0, 0.1) is 5.92 Å². The van der Waals surface area contributed by atoms with Crippen LogP contribution in [0.2, 0.25) is 5.02 Å². The van der Waals surface area contributed by atoms with Gasteiger partial charge in [0.2, 0.25) is 0 Å². The van der Waals surface area contributed by atoms with Crippen molar-refractivity contribution in [3.8, 4) is 11.3 Å². The van der Waals surface area contributed by atoms with Gasteiger partial charge in [-0.2, -0.15) is 0 Å². The van der Waals surface area contributed by atoms with Crippen LogP contribution in [0.15, 0.2) is 59.1 Å². The van der Waals surface area contributed by atoms with Gasteiger partial charge in [0.05, 0.1) is 6.54 Å². The van der Waals surface area contributed by atoms with Gasteiger partial charge in [-0.05, 0) is 80.5 Å². The molecule has 3 aromatic rings. The molecule has 1 aromatic carbocycles. The third kappa shape index (κ3) is 7.94. The molecular formula is C32H42ClN3O2. The lowest BCUT2D eigenvalue weighted by atomic mass is 10.0. The molecule has 5 nitrogen and oxygen atoms in total. The third-order valence-corrected chi connectivity index (χ3v) is 7.73. The summed E-state index contributed by atoms with van der Waals surface area (Å²) < 4.78 is 6.21. The summed E-state index contributed by atoms with van der Waals surface area (Å²) in [5.41, 5.74) is 2.63. The molecule has 2 aromatic heterocycles. The van der Waals surface area contributed by atoms with E-state index in [-0.39, 0.29) is 11.9 Å². The highest BCUT2D eigenvalue weighted by atomic mass is 35.5. The second kappa shape index (κ2) is 14.0. The number of halogens is 1. The zero-order chi connectivity index (χ0) is 26.9. The highest BCUT2D eigenvalue weighted by molar-refractivity contribution is 6.30. The Hall–Kier alpha value is -2.63. The number of amides is 1. The SMILES string of the molecule is CCCCCc1ccc(C(=O)N(Cc2ccc(-c3cccc(Cl)c3)o2)C2CCN(CCC(C)C)CC2)nc1. The first kappa shape index (κ1) is 28.4. The van der Waals surface area contributed by atoms with Crippen LogP contribution >= 0.6 is 11.6 Å². The maximum absolute atomic E-state index is 13.8. The monoisotopic (exact) mass is 535 g/mol. The number of carbonyl (C=O) groups is 1. The summed E-state index contributed by atoms with van der Waals surface area (Å²) in [6.07, 6.45) is 9.57. The smallest absolute Gasteiger partial charge is 0.273 e. The highest BCUT2D eigenvalue weighted by Crippen LogP contribution is 2.27. The van der Waals surface area contributed by atoms with Crippen LogP contribution in [0.3, 0.4) is 0 Å². The van der Waals surface area contributed by atoms with E-state index in [9.17, 15) is 4.79 Å². The number of carbonyl (C=O) groups excluding carboxylic acids is 1. The van der Waals surface area contributed by atoms with Crippen LogP contribution in [-0.2, 0) is 13.0 Å². The number of piperidine rings is 1. The van der Waals surface area contributed by atoms with Crippen molar-refractivity contribution in [3.63, 3.8) is 0 Å². The summed E-state index contributed by atoms with van der Waals surface area (Å²) in [7, 11) is 0. The zero-order valence-corrected chi connectivity index (χ0v) is 23.9. The number of hydrogen-bond donors (Lipinski definition) is 0. The number of pyridine rings is 1. The molecule has 204 valence electrons. The minimum Gasteiger partial charge on any atom is -0.459 e. The van der Waals surface area contributed by atoms with E-state index in [0.717, 1.165) is 62.4 Å². The first-order chi connectivity index (χ1) is 18.4. The summed E-state index contributed by atoms with van der Waals surface area (Å²) in [6, 6.07) is 15.7. The molecule has 0 radical (unpaired) electrons. The van der Waals surface area contributed by atoms with Crippen LogP contribution in [-0.4, -0.2) is 46.4 Å². The predicted octanol–water partition coefficient (Wildman–Crippen LogP) is 7.88. The predicted molar refractivity (Wildman–Crippen MR) is 155 cm³/mol. The van der Waals surface area contributed by atoms with Gasteiger partial charge in [-0.3, -0.25) is 9.78 Å². The quantitative estimate of drug-likeness (QED) is 0.221. The molecule has 1 aliphatic heterocycles. The fourth-order valence-electron chi connectivity index (χ4n) is 5.11. The van der Waals surface area contributed by atoms with Gasteiger partial charge in [0, 0.05) is 35.9 Å². The Morgan fingerprint density at radius 2 is 1.95 bits per heavy atom. The van der Waals surface area contributed by atoms with Crippen molar-refractivity contribution in [2.24, 2.45) is 5.92 Å². The summed E-state index contributed by atoms with van der Waals surface area (Å²) >= 11 is 6.19. The largest absolute Gasteiger partial charge is 0.459 e. The van der Waals surface area contributed by atoms with Gasteiger partial charge in [0.25, 0.3) is 5.91 Å². The van der Waals surface area contributed by atoms with E-state index in [1.807, 2.05) is 53.6 Å². The van der Waals surface area contributed by atoms with Crippen molar-refractivity contribution in [3.05, 3.63) is 76.8 Å². The lowest BCUT2D eigenvalue weighted by Gasteiger charge is -2.38. The Balaban J connectivity index is 1.49. The van der Waals surface area contributed by atoms with Crippen LogP contribution in [0.1, 0.15) is 81.1 Å². The van der Waals surface area contributed by atoms with Gasteiger partial charge in [-0.1, -0.05) is 63.4 Å². The lowest BCUT2D eigenvalue weighted by molar-refractivity contribution is 0.0522. The Morgan fingerprint density at radius 1 is 1.13 bits per heavy atom. The summed E-state index contributed by atoms with van der Waals surface area (Å²) in [4.78, 5) is 22.9. The maximum atomic E-state index is 13.8. The number of aromatic nitrogens is 1. The van der Waals surface area contributed by atoms with E-state index in [2.05, 4.69) is 36.7 Å². The Bertz CT molecular complexity index is 1150. The molecule has 6 heteroatoms. The van der Waals surface area contributed by atoms with E-state index in [1.54, 1.807) is 0 Å². The molecule has 1 saturated heterocycles. The van der Waals surface area contributed by atoms with Crippen molar-refractivity contribution in [1.29, 1.82) is 0 Å². The molecule has 0 aliphatic carbocycles. The molecule has 1 amide bonds. The average molecular weight is 536 g/mol. The second-order valence-electron chi connectivity index (χ2n) is 11.0. The van der Waals surface area contributed by atoms with Gasteiger partial charge in [0.1, 0.15) is 17.2 Å². The average Bonchev–Trinajstić information content (AvgIpc) is 3.40. The molecule has 1 fully saturated rings. The summed E-state index contributed by atoms with van der Waals surface area (Å²) in [6.45, 7) is 10.3. The summed E-state index contributed by atoms with van der Waals surface area (Å²) in [5.74, 6) is 2.21. The van der Waals surface area contributed by atoms with Crippen molar-refractivity contribution >= 4 is 17.5 Å². The van der Waals surface area contributed by atoms with Crippen LogP contribution in [0.25, 0.3) is 11.3 Å². The maximum Gasteiger partial charge on any atom is 0.273 e. The number of benzene rings is 1. The molecule has 0 bridgehead atoms. The topological polar surface area (TPSA) is 49.6 Å². The molecule has 0 saturated carbocycles. The van der Waals surface area contributed by atoms with Crippen LogP contribution < -0.4 is 0 Å². The highest BCUT2D eigenvalue weighted by Gasteiger charge is 2.30. The third-order valence-electron chi connectivity index (χ3n) is 7.49. The van der Waals surface area contributed by atoms with E-state index in [0.29, 0.717) is 23.2 Å². The van der Waals surface area contributed by atoms with Crippen LogP contribution in [0.5, 0.6) is 0 Å². The molecule has 4 rings (SSSR count). The van der Waals surface area contributed by atoms with E-state index >= 15 is 0 Å². The lowest BCUT2D eigenvalue weighted by Crippen LogP contribution is -2.47. The van der Waals surface area contributed by atoms with Crippen molar-refractivity contribution < 1.29 is 9.21 Å². The molecule has 1 aliphatic rings. The van der Waals surface area contributed by atoms with E-state index in [4.69, 9.17) is 16.0 Å². The molecular weight excluding hydrogens is 494 g/mol. The van der Waals surface area contributed by atoms with Gasteiger partial charge in [-0.25, -0.2) is 0 Å². The molecule has 3 heterocycles. The van der Waals surface area contributed by atoms with Crippen molar-refractivity contribution in [1.82, 2.24) is 14.8 Å². The fraction of sp³-hybridized carbons (Fsp3) is 0.500. The molecule has 0 unspecified atom stereocenters. The molecule has 38 heavy (non-hydrogen) atoms. The van der Waals surface area contributed by atoms with E-state index in [1.165, 1.54) is 24.8 Å². The summed E-state index contributed by atoms with van der Waals surface area (Å²) in [5, 5.41) is 0.672. The first-order valence-corrected chi connectivity index (χ1v) is 14.6. The Morgan fingerprint density at radius 3 is 2.63 bits per heavy atom. The van der Waals surface area contributed by atoms with Gasteiger partial charge >= 0.3 is 0 Å². The number of likely N-dealkylation sites (tertiary alicyclic amines) is 1. The Kier molecular flexibility index (Phi) is 10.4. The number of aryl methyl sites for hydroxylation is 1. The van der Waals surface area contributed by atoms with Gasteiger partial charge in [0.15, 0.2) is 0 Å². The van der Waals surface area contributed by atoms with Crippen molar-refractivity contribution in [2.45, 2.75) is 78.3 Å². The number of unbranched alkanes of at least 4 members (excludes halogenated alkanes) is 2. The van der Waals surface area contributed by atoms with Crippen LogP contribution in [0.4, 0.5) is 0 Å². The number of hydrogen-bond acceptors (Lipinski definition) is 4. The molecule has 0 atom stereocenters. The number of rotatable bonds is 12. The number of furan rings is 1. The Labute approximate surface area is 233 Å². The van der Waals surface area contributed by atoms with E-state index < -0.39 is 0 Å². The zero-order valence-electron chi connectivity index (χ0n) is 23.2. The molecule has 0 spiro atoms. The second-order valence-corrected chi connectivity index (χ2v) is 11.4. The normalized spacial score (nSPS) is 14.8. The minimum atomic E-state index is -0.0218. The minimum absolute atomic E-state index is 0.0218. The fourth-order valence-corrected chi connectivity index (χ4v) is 5.31.